The number of halogens is 4. The first-order valence-electron chi connectivity index (χ1n) is 25.6. The monoisotopic (exact) mass is 1100 g/mol. The van der Waals surface area contributed by atoms with Crippen molar-refractivity contribution in [2.75, 3.05) is 68.3 Å². The Balaban J connectivity index is 0.000000210. The number of nitrogens with one attached hydrogen (secondary N) is 3. The number of fused-ring (bicyclic) bond motifs is 2. The SMILES string of the molecule is CCN(CC)CCCNc1nc(-c2cccc(C(=O)Nc3nccs3)c2)c2ccc(=O)n(-c3c(F)cccc3F)c2n1.CCN(CC)CCCNc1nc(-c2cccc(C(=O)O)c2)c2ccc(=O)n(-c3c(F)cccc3F)c2n1. The number of para-hydroxylation sites is 2. The van der Waals surface area contributed by atoms with Crippen molar-refractivity contribution < 1.29 is 32.3 Å². The number of carboxylic acid groups (broad SMARTS) is 1. The molecule has 4 aromatic carbocycles. The van der Waals surface area contributed by atoms with Gasteiger partial charge in [0.1, 0.15) is 34.6 Å². The highest BCUT2D eigenvalue weighted by molar-refractivity contribution is 7.13. The molecular weight excluding hydrogens is 1040 g/mol. The van der Waals surface area contributed by atoms with Crippen molar-refractivity contribution in [3.05, 3.63) is 176 Å². The molecule has 0 unspecified atom stereocenters. The van der Waals surface area contributed by atoms with Gasteiger partial charge in [-0.05, 0) is 113 Å². The Labute approximate surface area is 455 Å². The number of aromatic nitrogens is 7. The van der Waals surface area contributed by atoms with Crippen molar-refractivity contribution in [2.45, 2.75) is 40.5 Å². The topological polar surface area (TPSA) is 205 Å². The summed E-state index contributed by atoms with van der Waals surface area (Å²) in [5.74, 6) is -4.78. The summed E-state index contributed by atoms with van der Waals surface area (Å²) >= 11 is 1.30. The first-order valence-corrected chi connectivity index (χ1v) is 26.4. The van der Waals surface area contributed by atoms with Crippen molar-refractivity contribution in [1.82, 2.24) is 43.9 Å². The van der Waals surface area contributed by atoms with Crippen LogP contribution in [0.3, 0.4) is 0 Å². The average Bonchev–Trinajstić information content (AvgIpc) is 4.08. The van der Waals surface area contributed by atoms with Gasteiger partial charge in [-0.15, -0.1) is 11.3 Å². The molecule has 0 fully saturated rings. The molecule has 0 spiro atoms. The lowest BCUT2D eigenvalue weighted by Crippen LogP contribution is -2.25. The molecule has 0 radical (unpaired) electrons. The van der Waals surface area contributed by atoms with Crippen molar-refractivity contribution in [3.63, 3.8) is 0 Å². The van der Waals surface area contributed by atoms with E-state index in [1.165, 1.54) is 59.9 Å². The largest absolute Gasteiger partial charge is 0.478 e. The maximum absolute atomic E-state index is 14.9. The fraction of sp³-hybridized carbons (Fsp3) is 0.246. The highest BCUT2D eigenvalue weighted by atomic mass is 32.1. The lowest BCUT2D eigenvalue weighted by molar-refractivity contribution is 0.0696. The number of hydrogen-bond donors (Lipinski definition) is 4. The number of benzene rings is 4. The van der Waals surface area contributed by atoms with E-state index in [0.29, 0.717) is 57.1 Å². The van der Waals surface area contributed by atoms with Crippen LogP contribution in [-0.4, -0.2) is 113 Å². The summed E-state index contributed by atoms with van der Waals surface area (Å²) < 4.78 is 61.2. The second-order valence-electron chi connectivity index (χ2n) is 17.8. The number of hydrogen-bond acceptors (Lipinski definition) is 14. The molecular formula is C57H56F4N12O5S. The molecule has 4 N–H and O–H groups in total. The minimum absolute atomic E-state index is 0.00605. The Bertz CT molecular complexity index is 3720. The Kier molecular flexibility index (Phi) is 18.6. The van der Waals surface area contributed by atoms with Gasteiger partial charge in [0.05, 0.1) is 17.0 Å². The summed E-state index contributed by atoms with van der Waals surface area (Å²) in [6.07, 6.45) is 3.18. The minimum Gasteiger partial charge on any atom is -0.478 e. The molecule has 17 nitrogen and oxygen atoms in total. The number of carboxylic acids is 1. The van der Waals surface area contributed by atoms with E-state index in [-0.39, 0.29) is 34.7 Å². The molecule has 9 rings (SSSR count). The van der Waals surface area contributed by atoms with Crippen LogP contribution in [0.5, 0.6) is 0 Å². The lowest BCUT2D eigenvalue weighted by Gasteiger charge is -2.18. The van der Waals surface area contributed by atoms with Crippen LogP contribution in [0.4, 0.5) is 34.6 Å². The van der Waals surface area contributed by atoms with Crippen LogP contribution >= 0.6 is 11.3 Å². The Morgan fingerprint density at radius 1 is 0.582 bits per heavy atom. The summed E-state index contributed by atoms with van der Waals surface area (Å²) in [6, 6.07) is 25.1. The number of pyridine rings is 2. The number of nitrogens with zero attached hydrogens (tertiary/aromatic N) is 9. The number of aromatic carboxylic acids is 1. The predicted molar refractivity (Wildman–Crippen MR) is 300 cm³/mol. The molecule has 0 atom stereocenters. The molecule has 5 aromatic heterocycles. The summed E-state index contributed by atoms with van der Waals surface area (Å²) in [7, 11) is 0. The van der Waals surface area contributed by atoms with Crippen LogP contribution in [0.1, 0.15) is 61.3 Å². The van der Waals surface area contributed by atoms with Gasteiger partial charge in [0.15, 0.2) is 16.4 Å². The summed E-state index contributed by atoms with van der Waals surface area (Å²) in [5.41, 5.74) is -0.246. The van der Waals surface area contributed by atoms with E-state index in [0.717, 1.165) is 85.5 Å². The third-order valence-corrected chi connectivity index (χ3v) is 13.6. The van der Waals surface area contributed by atoms with E-state index < -0.39 is 51.7 Å². The first-order chi connectivity index (χ1) is 38.2. The van der Waals surface area contributed by atoms with Crippen molar-refractivity contribution >= 4 is 62.3 Å². The van der Waals surface area contributed by atoms with Crippen molar-refractivity contribution in [3.8, 4) is 33.9 Å². The van der Waals surface area contributed by atoms with Gasteiger partial charge < -0.3 is 25.5 Å². The highest BCUT2D eigenvalue weighted by Gasteiger charge is 2.23. The van der Waals surface area contributed by atoms with Gasteiger partial charge in [-0.2, -0.15) is 9.97 Å². The average molecular weight is 1100 g/mol. The number of rotatable bonds is 21. The van der Waals surface area contributed by atoms with E-state index in [9.17, 15) is 41.8 Å². The third-order valence-electron chi connectivity index (χ3n) is 12.9. The first kappa shape index (κ1) is 56.5. The number of amides is 1. The Hall–Kier alpha value is -8.73. The summed E-state index contributed by atoms with van der Waals surface area (Å²) in [5, 5.41) is 21.5. The maximum Gasteiger partial charge on any atom is 0.335 e. The maximum atomic E-state index is 14.9. The van der Waals surface area contributed by atoms with Gasteiger partial charge in [0.2, 0.25) is 11.9 Å². The molecule has 1 amide bonds. The van der Waals surface area contributed by atoms with Gasteiger partial charge in [0, 0.05) is 64.3 Å². The Morgan fingerprint density at radius 2 is 1.01 bits per heavy atom. The predicted octanol–water partition coefficient (Wildman–Crippen LogP) is 10.1. The minimum atomic E-state index is -1.11. The molecule has 5 heterocycles. The van der Waals surface area contributed by atoms with Crippen LogP contribution in [0.15, 0.2) is 130 Å². The van der Waals surface area contributed by atoms with E-state index in [2.05, 4.69) is 73.4 Å². The van der Waals surface area contributed by atoms with Crippen LogP contribution < -0.4 is 27.1 Å². The van der Waals surface area contributed by atoms with Gasteiger partial charge >= 0.3 is 5.97 Å². The van der Waals surface area contributed by atoms with E-state index in [4.69, 9.17) is 4.98 Å². The van der Waals surface area contributed by atoms with E-state index in [1.807, 2.05) is 0 Å². The fourth-order valence-electron chi connectivity index (χ4n) is 8.81. The van der Waals surface area contributed by atoms with Crippen LogP contribution in [0, 0.1) is 23.3 Å². The van der Waals surface area contributed by atoms with Gasteiger partial charge in [-0.1, -0.05) is 64.1 Å². The van der Waals surface area contributed by atoms with Crippen LogP contribution in [0.25, 0.3) is 56.0 Å². The zero-order valence-corrected chi connectivity index (χ0v) is 44.5. The van der Waals surface area contributed by atoms with Crippen LogP contribution in [-0.2, 0) is 0 Å². The van der Waals surface area contributed by atoms with E-state index in [1.54, 1.807) is 48.0 Å². The fourth-order valence-corrected chi connectivity index (χ4v) is 9.34. The molecule has 0 aliphatic rings. The normalized spacial score (nSPS) is 11.3. The standard InChI is InChI=1S/C30H29F2N7O2S.C27H27F2N5O3/c1-3-38(4-2)16-7-14-33-29-35-25(19-8-5-9-20(18-19)28(41)37-30-34-15-17-42-30)21-12-13-24(40)39(27(21)36-29)26-22(31)10-6-11-23(26)32;1-3-33(4-2)15-7-14-30-27-31-23(17-8-5-9-18(16-17)26(36)37)19-12-13-22(35)34(25(19)32-27)24-20(28)10-6-11-21(24)29/h5-6,8-13,15,17-18H,3-4,7,14,16H2,1-2H3,(H,33,35,36)(H,34,37,41);5-6,8-13,16H,3-4,7,14-15H2,1-2H3,(H,36,37)(H,30,31,32). The number of anilines is 3. The smallest absolute Gasteiger partial charge is 0.335 e. The number of carbonyl (C=O) groups is 2. The molecule has 22 heteroatoms. The molecule has 0 bridgehead atoms. The van der Waals surface area contributed by atoms with Crippen LogP contribution in [0.2, 0.25) is 0 Å². The second-order valence-corrected chi connectivity index (χ2v) is 18.7. The van der Waals surface area contributed by atoms with Crippen molar-refractivity contribution in [2.24, 2.45) is 0 Å². The summed E-state index contributed by atoms with van der Waals surface area (Å²) in [6.45, 7) is 14.8. The number of thiazole rings is 1. The molecule has 9 aromatic rings. The molecule has 0 aliphatic carbocycles. The second kappa shape index (κ2) is 26.1. The van der Waals surface area contributed by atoms with Gasteiger partial charge in [0.25, 0.3) is 17.0 Å². The summed E-state index contributed by atoms with van der Waals surface area (Å²) in [4.78, 5) is 77.5. The molecule has 0 saturated heterocycles. The van der Waals surface area contributed by atoms with E-state index >= 15 is 0 Å². The van der Waals surface area contributed by atoms with Gasteiger partial charge in [-0.3, -0.25) is 28.8 Å². The molecule has 408 valence electrons. The third kappa shape index (κ3) is 13.2. The molecule has 0 saturated carbocycles. The quantitative estimate of drug-likeness (QED) is 0.0391. The zero-order valence-electron chi connectivity index (χ0n) is 43.6. The number of carbonyl (C=O) groups excluding carboxylic acids is 1. The molecule has 79 heavy (non-hydrogen) atoms. The van der Waals surface area contributed by atoms with Gasteiger partial charge in [-0.25, -0.2) is 37.3 Å². The lowest BCUT2D eigenvalue weighted by atomic mass is 10.0. The highest BCUT2D eigenvalue weighted by Crippen LogP contribution is 2.32. The molecule has 0 aliphatic heterocycles. The van der Waals surface area contributed by atoms with Crippen molar-refractivity contribution in [1.29, 1.82) is 0 Å². The Morgan fingerprint density at radius 3 is 1.43 bits per heavy atom. The zero-order chi connectivity index (χ0) is 56.2.